The van der Waals surface area contributed by atoms with E-state index in [0.717, 1.165) is 0 Å². The summed E-state index contributed by atoms with van der Waals surface area (Å²) < 4.78 is 8.18. The van der Waals surface area contributed by atoms with Gasteiger partial charge in [0.05, 0.1) is 0 Å². The maximum atomic E-state index is 9.63. The number of rotatable bonds is 3. The number of para-hydroxylation sites is 2. The van der Waals surface area contributed by atoms with Gasteiger partial charge in [0.2, 0.25) is 0 Å². The Morgan fingerprint density at radius 1 is 1.35 bits per heavy atom. The van der Waals surface area contributed by atoms with Crippen molar-refractivity contribution in [3.05, 3.63) is 35.1 Å². The van der Waals surface area contributed by atoms with Gasteiger partial charge in [-0.3, -0.25) is 4.57 Å². The Kier molecular flexibility index (Phi) is 3.38. The number of imidazole rings is 1. The van der Waals surface area contributed by atoms with Gasteiger partial charge in [0, 0.05) is 12.2 Å². The summed E-state index contributed by atoms with van der Waals surface area (Å²) in [5, 5.41) is 9.63. The van der Waals surface area contributed by atoms with E-state index in [1.54, 1.807) is 24.3 Å². The molecule has 0 unspecified atom stereocenters. The first-order valence-corrected chi connectivity index (χ1v) is 6.07. The quantitative estimate of drug-likeness (QED) is 0.939. The zero-order valence-corrected chi connectivity index (χ0v) is 11.2. The van der Waals surface area contributed by atoms with E-state index in [1.165, 1.54) is 0 Å². The second-order valence-corrected chi connectivity index (χ2v) is 4.73. The van der Waals surface area contributed by atoms with Crippen LogP contribution in [0.4, 0.5) is 0 Å². The van der Waals surface area contributed by atoms with Crippen LogP contribution < -0.4 is 4.74 Å². The lowest BCUT2D eigenvalue weighted by molar-refractivity contribution is 0.366. The average Bonchev–Trinajstić information content (AvgIpc) is 2.63. The summed E-state index contributed by atoms with van der Waals surface area (Å²) in [6.07, 6.45) is 1.85. The summed E-state index contributed by atoms with van der Waals surface area (Å²) in [5.41, 5.74) is 0. The summed E-state index contributed by atoms with van der Waals surface area (Å²) in [4.78, 5) is 4.21. The van der Waals surface area contributed by atoms with Crippen LogP contribution in [0.25, 0.3) is 0 Å². The first-order chi connectivity index (χ1) is 8.08. The Morgan fingerprint density at radius 2 is 2.06 bits per heavy atom. The van der Waals surface area contributed by atoms with Crippen molar-refractivity contribution in [2.45, 2.75) is 19.9 Å². The third-order valence-electron chi connectivity index (χ3n) is 2.29. The predicted molar refractivity (Wildman–Crippen MR) is 68.5 cm³/mol. The number of aromatic hydroxyl groups is 1. The molecule has 0 bridgehead atoms. The zero-order chi connectivity index (χ0) is 12.4. The van der Waals surface area contributed by atoms with Crippen molar-refractivity contribution in [1.29, 1.82) is 0 Å². The van der Waals surface area contributed by atoms with E-state index in [9.17, 15) is 5.11 Å². The number of ether oxygens (including phenoxy) is 1. The third-order valence-corrected chi connectivity index (χ3v) is 2.67. The number of hydrogen-bond acceptors (Lipinski definition) is 3. The fourth-order valence-corrected chi connectivity index (χ4v) is 1.81. The van der Waals surface area contributed by atoms with Crippen LogP contribution in [0.1, 0.15) is 19.9 Å². The summed E-state index contributed by atoms with van der Waals surface area (Å²) in [5.74, 6) is 0.495. The van der Waals surface area contributed by atoms with E-state index in [4.69, 9.17) is 4.74 Å². The van der Waals surface area contributed by atoms with Crippen molar-refractivity contribution in [3.63, 3.8) is 0 Å². The number of phenolic OH excluding ortho intramolecular Hbond substituents is 1. The van der Waals surface area contributed by atoms with E-state index in [-0.39, 0.29) is 11.8 Å². The highest BCUT2D eigenvalue weighted by Crippen LogP contribution is 2.31. The minimum Gasteiger partial charge on any atom is -0.504 e. The largest absolute Gasteiger partial charge is 0.504 e. The van der Waals surface area contributed by atoms with Gasteiger partial charge in [-0.15, -0.1) is 0 Å². The molecule has 0 aliphatic carbocycles. The van der Waals surface area contributed by atoms with Gasteiger partial charge in [-0.25, -0.2) is 0 Å². The molecule has 4 nitrogen and oxygen atoms in total. The summed E-state index contributed by atoms with van der Waals surface area (Å²) in [6.45, 7) is 4.07. The lowest BCUT2D eigenvalue weighted by atomic mass is 10.3. The van der Waals surface area contributed by atoms with E-state index < -0.39 is 0 Å². The standard InChI is InChI=1S/C12H13BrN2O2/c1-8(2)15-7-11(13)14-12(15)17-10-6-4-3-5-9(10)16/h3-8,16H,1-2H3. The van der Waals surface area contributed by atoms with Gasteiger partial charge in [0.25, 0.3) is 0 Å². The minimum atomic E-state index is 0.0990. The molecule has 0 aliphatic rings. The Morgan fingerprint density at radius 3 is 2.71 bits per heavy atom. The molecule has 1 aromatic carbocycles. The van der Waals surface area contributed by atoms with Crippen LogP contribution in [0.3, 0.4) is 0 Å². The molecule has 2 aromatic rings. The Bertz CT molecular complexity index is 523. The van der Waals surface area contributed by atoms with Crippen molar-refractivity contribution >= 4 is 15.9 Å². The molecule has 2 rings (SSSR count). The van der Waals surface area contributed by atoms with Crippen LogP contribution in [-0.2, 0) is 0 Å². The number of halogens is 1. The maximum absolute atomic E-state index is 9.63. The Hall–Kier alpha value is -1.49. The second-order valence-electron chi connectivity index (χ2n) is 3.92. The van der Waals surface area contributed by atoms with Crippen molar-refractivity contribution in [1.82, 2.24) is 9.55 Å². The fraction of sp³-hybridized carbons (Fsp3) is 0.250. The summed E-state index contributed by atoms with van der Waals surface area (Å²) in [7, 11) is 0. The SMILES string of the molecule is CC(C)n1cc(Br)nc1Oc1ccccc1O. The van der Waals surface area contributed by atoms with Crippen LogP contribution >= 0.6 is 15.9 Å². The van der Waals surface area contributed by atoms with Gasteiger partial charge in [-0.2, -0.15) is 4.98 Å². The molecular formula is C12H13BrN2O2. The van der Waals surface area contributed by atoms with Crippen molar-refractivity contribution in [2.75, 3.05) is 0 Å². The second kappa shape index (κ2) is 4.79. The fourth-order valence-electron chi connectivity index (χ4n) is 1.44. The molecule has 17 heavy (non-hydrogen) atoms. The molecule has 1 heterocycles. The molecule has 0 radical (unpaired) electrons. The molecule has 0 fully saturated rings. The molecule has 1 aromatic heterocycles. The van der Waals surface area contributed by atoms with Gasteiger partial charge >= 0.3 is 6.01 Å². The lowest BCUT2D eigenvalue weighted by Gasteiger charge is -2.11. The molecule has 0 atom stereocenters. The Labute approximate surface area is 108 Å². The molecule has 0 spiro atoms. The van der Waals surface area contributed by atoms with Crippen LogP contribution in [0.5, 0.6) is 17.5 Å². The topological polar surface area (TPSA) is 47.3 Å². The average molecular weight is 297 g/mol. The summed E-state index contributed by atoms with van der Waals surface area (Å²) >= 11 is 3.31. The zero-order valence-electron chi connectivity index (χ0n) is 9.59. The molecule has 0 saturated heterocycles. The highest BCUT2D eigenvalue weighted by molar-refractivity contribution is 9.10. The molecule has 90 valence electrons. The minimum absolute atomic E-state index is 0.0990. The molecule has 0 aliphatic heterocycles. The molecule has 0 saturated carbocycles. The number of benzene rings is 1. The highest BCUT2D eigenvalue weighted by Gasteiger charge is 2.12. The van der Waals surface area contributed by atoms with Crippen LogP contribution in [0.2, 0.25) is 0 Å². The number of phenols is 1. The smallest absolute Gasteiger partial charge is 0.303 e. The van der Waals surface area contributed by atoms with Crippen molar-refractivity contribution in [3.8, 4) is 17.5 Å². The normalized spacial score (nSPS) is 10.8. The van der Waals surface area contributed by atoms with Crippen LogP contribution in [-0.4, -0.2) is 14.7 Å². The molecule has 1 N–H and O–H groups in total. The van der Waals surface area contributed by atoms with E-state index in [0.29, 0.717) is 16.4 Å². The third kappa shape index (κ3) is 2.61. The van der Waals surface area contributed by atoms with E-state index in [2.05, 4.69) is 20.9 Å². The summed E-state index contributed by atoms with van der Waals surface area (Å²) in [6, 6.07) is 7.50. The number of hydrogen-bond donors (Lipinski definition) is 1. The monoisotopic (exact) mass is 296 g/mol. The first kappa shape index (κ1) is 12.0. The first-order valence-electron chi connectivity index (χ1n) is 5.28. The van der Waals surface area contributed by atoms with E-state index in [1.807, 2.05) is 24.6 Å². The van der Waals surface area contributed by atoms with Gasteiger partial charge in [0.15, 0.2) is 11.5 Å². The van der Waals surface area contributed by atoms with Gasteiger partial charge in [-0.1, -0.05) is 12.1 Å². The maximum Gasteiger partial charge on any atom is 0.303 e. The van der Waals surface area contributed by atoms with Gasteiger partial charge < -0.3 is 9.84 Å². The van der Waals surface area contributed by atoms with Crippen LogP contribution in [0, 0.1) is 0 Å². The lowest BCUT2D eigenvalue weighted by Crippen LogP contribution is -2.02. The van der Waals surface area contributed by atoms with Crippen molar-refractivity contribution < 1.29 is 9.84 Å². The number of aromatic nitrogens is 2. The van der Waals surface area contributed by atoms with Gasteiger partial charge in [-0.05, 0) is 41.9 Å². The Balaban J connectivity index is 2.33. The number of nitrogens with zero attached hydrogens (tertiary/aromatic N) is 2. The van der Waals surface area contributed by atoms with E-state index >= 15 is 0 Å². The molecule has 0 amide bonds. The highest BCUT2D eigenvalue weighted by atomic mass is 79.9. The molecular weight excluding hydrogens is 284 g/mol. The van der Waals surface area contributed by atoms with Crippen molar-refractivity contribution in [2.24, 2.45) is 0 Å². The molecule has 5 heteroatoms. The predicted octanol–water partition coefficient (Wildman–Crippen LogP) is 3.72. The van der Waals surface area contributed by atoms with Crippen LogP contribution in [0.15, 0.2) is 35.1 Å². The van der Waals surface area contributed by atoms with Gasteiger partial charge in [0.1, 0.15) is 4.60 Å².